The highest BCUT2D eigenvalue weighted by atomic mass is 16.5. The number of carboxylic acids is 1. The van der Waals surface area contributed by atoms with Gasteiger partial charge in [-0.1, -0.05) is 12.1 Å². The number of anilines is 1. The van der Waals surface area contributed by atoms with E-state index < -0.39 is 12.6 Å². The number of aryl methyl sites for hydroxylation is 3. The first-order valence-corrected chi connectivity index (χ1v) is 9.02. The lowest BCUT2D eigenvalue weighted by atomic mass is 10.0. The normalized spacial score (nSPS) is 10.6. The molecule has 0 aliphatic heterocycles. The number of amides is 1. The third-order valence-electron chi connectivity index (χ3n) is 4.27. The molecule has 9 heteroatoms. The van der Waals surface area contributed by atoms with Crippen molar-refractivity contribution in [2.45, 2.75) is 27.3 Å². The van der Waals surface area contributed by atoms with Crippen LogP contribution in [0.1, 0.15) is 28.4 Å². The molecule has 150 valence electrons. The predicted octanol–water partition coefficient (Wildman–Crippen LogP) is 2.69. The van der Waals surface area contributed by atoms with Gasteiger partial charge < -0.3 is 15.2 Å². The van der Waals surface area contributed by atoms with E-state index in [0.717, 1.165) is 5.56 Å². The molecule has 1 heterocycles. The zero-order valence-corrected chi connectivity index (χ0v) is 16.3. The molecule has 0 fully saturated rings. The maximum Gasteiger partial charge on any atom is 0.341 e. The number of nitrogens with zero attached hydrogens (tertiary/aromatic N) is 4. The SMILES string of the molecule is CCn1nnnc1-c1cccc(NC(=O)c2cc(C)c(OCC(=O)O)c(C)c2)c1. The Bertz CT molecular complexity index is 1040. The van der Waals surface area contributed by atoms with Gasteiger partial charge in [0.15, 0.2) is 12.4 Å². The Morgan fingerprint density at radius 1 is 1.17 bits per heavy atom. The van der Waals surface area contributed by atoms with Crippen LogP contribution in [-0.4, -0.2) is 43.8 Å². The van der Waals surface area contributed by atoms with Crippen molar-refractivity contribution in [2.24, 2.45) is 0 Å². The minimum atomic E-state index is -1.06. The average molecular weight is 395 g/mol. The maximum atomic E-state index is 12.7. The van der Waals surface area contributed by atoms with E-state index in [4.69, 9.17) is 9.84 Å². The highest BCUT2D eigenvalue weighted by molar-refractivity contribution is 6.05. The highest BCUT2D eigenvalue weighted by Gasteiger charge is 2.14. The van der Waals surface area contributed by atoms with Crippen molar-refractivity contribution in [1.29, 1.82) is 0 Å². The van der Waals surface area contributed by atoms with E-state index in [0.29, 0.717) is 40.5 Å². The Hall–Kier alpha value is -3.75. The molecule has 3 rings (SSSR count). The minimum absolute atomic E-state index is 0.284. The van der Waals surface area contributed by atoms with Crippen molar-refractivity contribution in [1.82, 2.24) is 20.2 Å². The lowest BCUT2D eigenvalue weighted by Gasteiger charge is -2.13. The van der Waals surface area contributed by atoms with E-state index in [1.807, 2.05) is 19.1 Å². The number of ether oxygens (including phenoxy) is 1. The second-order valence-corrected chi connectivity index (χ2v) is 6.47. The molecule has 0 aliphatic rings. The standard InChI is InChI=1S/C20H21N5O4/c1-4-25-19(22-23-24-25)14-6-5-7-16(10-14)21-20(28)15-8-12(2)18(13(3)9-15)29-11-17(26)27/h5-10H,4,11H2,1-3H3,(H,21,28)(H,26,27). The van der Waals surface area contributed by atoms with Crippen molar-refractivity contribution in [3.05, 3.63) is 53.1 Å². The molecule has 0 bridgehead atoms. The number of nitrogens with one attached hydrogen (secondary N) is 1. The largest absolute Gasteiger partial charge is 0.481 e. The molecule has 0 aliphatic carbocycles. The van der Waals surface area contributed by atoms with Crippen molar-refractivity contribution >= 4 is 17.6 Å². The van der Waals surface area contributed by atoms with Crippen molar-refractivity contribution in [3.63, 3.8) is 0 Å². The molecule has 0 spiro atoms. The van der Waals surface area contributed by atoms with Crippen LogP contribution in [-0.2, 0) is 11.3 Å². The Morgan fingerprint density at radius 3 is 2.55 bits per heavy atom. The smallest absolute Gasteiger partial charge is 0.341 e. The van der Waals surface area contributed by atoms with E-state index in [9.17, 15) is 9.59 Å². The van der Waals surface area contributed by atoms with Crippen LogP contribution in [0.3, 0.4) is 0 Å². The molecule has 1 amide bonds. The number of carboxylic acid groups (broad SMARTS) is 1. The molecular formula is C20H21N5O4. The van der Waals surface area contributed by atoms with Gasteiger partial charge in [-0.3, -0.25) is 4.79 Å². The van der Waals surface area contributed by atoms with Gasteiger partial charge in [-0.2, -0.15) is 0 Å². The predicted molar refractivity (Wildman–Crippen MR) is 106 cm³/mol. The minimum Gasteiger partial charge on any atom is -0.481 e. The molecule has 2 N–H and O–H groups in total. The van der Waals surface area contributed by atoms with Crippen molar-refractivity contribution < 1.29 is 19.4 Å². The molecule has 0 saturated carbocycles. The van der Waals surface area contributed by atoms with Crippen LogP contribution < -0.4 is 10.1 Å². The fourth-order valence-corrected chi connectivity index (χ4v) is 3.01. The van der Waals surface area contributed by atoms with Gasteiger partial charge in [0.2, 0.25) is 0 Å². The summed E-state index contributed by atoms with van der Waals surface area (Å²) in [6, 6.07) is 10.6. The summed E-state index contributed by atoms with van der Waals surface area (Å²) < 4.78 is 6.98. The zero-order valence-electron chi connectivity index (χ0n) is 16.3. The summed E-state index contributed by atoms with van der Waals surface area (Å²) in [5, 5.41) is 23.3. The number of benzene rings is 2. The van der Waals surface area contributed by atoms with Crippen molar-refractivity contribution in [3.8, 4) is 17.1 Å². The van der Waals surface area contributed by atoms with E-state index >= 15 is 0 Å². The fourth-order valence-electron chi connectivity index (χ4n) is 3.01. The lowest BCUT2D eigenvalue weighted by Crippen LogP contribution is -2.14. The zero-order chi connectivity index (χ0) is 21.0. The number of carbonyl (C=O) groups excluding carboxylic acids is 1. The third kappa shape index (κ3) is 4.57. The number of rotatable bonds is 7. The van der Waals surface area contributed by atoms with Crippen LogP contribution in [0.2, 0.25) is 0 Å². The fraction of sp³-hybridized carbons (Fsp3) is 0.250. The molecule has 9 nitrogen and oxygen atoms in total. The summed E-state index contributed by atoms with van der Waals surface area (Å²) in [6.07, 6.45) is 0. The van der Waals surface area contributed by atoms with E-state index in [1.165, 1.54) is 0 Å². The van der Waals surface area contributed by atoms with Gasteiger partial charge in [-0.05, 0) is 66.6 Å². The summed E-state index contributed by atoms with van der Waals surface area (Å²) in [5.74, 6) is -0.250. The lowest BCUT2D eigenvalue weighted by molar-refractivity contribution is -0.139. The third-order valence-corrected chi connectivity index (χ3v) is 4.27. The number of carbonyl (C=O) groups is 2. The molecule has 1 aromatic heterocycles. The molecule has 3 aromatic rings. The first kappa shape index (κ1) is 20.0. The summed E-state index contributed by atoms with van der Waals surface area (Å²) in [4.78, 5) is 23.4. The summed E-state index contributed by atoms with van der Waals surface area (Å²) >= 11 is 0. The number of aromatic nitrogens is 4. The number of tetrazole rings is 1. The summed E-state index contributed by atoms with van der Waals surface area (Å²) in [6.45, 7) is 5.68. The number of hydrogen-bond acceptors (Lipinski definition) is 6. The molecule has 0 unspecified atom stereocenters. The quantitative estimate of drug-likeness (QED) is 0.631. The Kier molecular flexibility index (Phi) is 5.87. The second-order valence-electron chi connectivity index (χ2n) is 6.47. The van der Waals surface area contributed by atoms with E-state index in [1.54, 1.807) is 42.8 Å². The maximum absolute atomic E-state index is 12.7. The van der Waals surface area contributed by atoms with Crippen LogP contribution in [0.15, 0.2) is 36.4 Å². The molecule has 0 atom stereocenters. The van der Waals surface area contributed by atoms with Crippen LogP contribution in [0.5, 0.6) is 5.75 Å². The molecule has 29 heavy (non-hydrogen) atoms. The monoisotopic (exact) mass is 395 g/mol. The van der Waals surface area contributed by atoms with Crippen LogP contribution in [0.25, 0.3) is 11.4 Å². The Labute approximate surface area is 167 Å². The van der Waals surface area contributed by atoms with Gasteiger partial charge in [0.25, 0.3) is 5.91 Å². The van der Waals surface area contributed by atoms with Crippen LogP contribution in [0.4, 0.5) is 5.69 Å². The first-order valence-electron chi connectivity index (χ1n) is 9.02. The Morgan fingerprint density at radius 2 is 1.90 bits per heavy atom. The van der Waals surface area contributed by atoms with Gasteiger partial charge in [-0.25, -0.2) is 9.48 Å². The highest BCUT2D eigenvalue weighted by Crippen LogP contribution is 2.26. The number of aliphatic carboxylic acids is 1. The summed E-state index contributed by atoms with van der Waals surface area (Å²) in [5.41, 5.74) is 3.23. The summed E-state index contributed by atoms with van der Waals surface area (Å²) in [7, 11) is 0. The van der Waals surface area contributed by atoms with Gasteiger partial charge in [0.1, 0.15) is 5.75 Å². The van der Waals surface area contributed by atoms with Crippen molar-refractivity contribution in [2.75, 3.05) is 11.9 Å². The van der Waals surface area contributed by atoms with Gasteiger partial charge >= 0.3 is 5.97 Å². The molecule has 2 aromatic carbocycles. The topological polar surface area (TPSA) is 119 Å². The van der Waals surface area contributed by atoms with Gasteiger partial charge in [-0.15, -0.1) is 5.10 Å². The molecule has 0 saturated heterocycles. The molecular weight excluding hydrogens is 374 g/mol. The first-order chi connectivity index (χ1) is 13.9. The van der Waals surface area contributed by atoms with E-state index in [-0.39, 0.29) is 5.91 Å². The van der Waals surface area contributed by atoms with Crippen LogP contribution >= 0.6 is 0 Å². The Balaban J connectivity index is 1.80. The van der Waals surface area contributed by atoms with Gasteiger partial charge in [0.05, 0.1) is 0 Å². The second kappa shape index (κ2) is 8.51. The average Bonchev–Trinajstić information content (AvgIpc) is 3.16. The number of hydrogen-bond donors (Lipinski definition) is 2. The van der Waals surface area contributed by atoms with Crippen LogP contribution in [0, 0.1) is 13.8 Å². The molecule has 0 radical (unpaired) electrons. The van der Waals surface area contributed by atoms with Gasteiger partial charge in [0, 0.05) is 23.4 Å². The van der Waals surface area contributed by atoms with E-state index in [2.05, 4.69) is 20.8 Å².